The molecule has 0 aliphatic heterocycles. The Balaban J connectivity index is 1.89. The number of benzene rings is 1. The van der Waals surface area contributed by atoms with E-state index in [2.05, 4.69) is 86.9 Å². The van der Waals surface area contributed by atoms with Crippen LogP contribution in [0.2, 0.25) is 0 Å². The van der Waals surface area contributed by atoms with E-state index in [4.69, 9.17) is 5.10 Å². The zero-order valence-corrected chi connectivity index (χ0v) is 21.7. The van der Waals surface area contributed by atoms with Crippen molar-refractivity contribution in [1.29, 1.82) is 0 Å². The normalized spacial score (nSPS) is 14.6. The molecular weight excluding hydrogens is 414 g/mol. The number of unbranched alkanes of at least 4 members (excludes halogenated alkanes) is 1. The highest BCUT2D eigenvalue weighted by Gasteiger charge is 2.17. The van der Waals surface area contributed by atoms with Gasteiger partial charge in [-0.1, -0.05) is 74.1 Å². The first-order valence-electron chi connectivity index (χ1n) is 12.4. The molecule has 2 aromatic rings. The van der Waals surface area contributed by atoms with Crippen molar-refractivity contribution in [3.63, 3.8) is 0 Å². The first-order valence-corrected chi connectivity index (χ1v) is 12.4. The first-order chi connectivity index (χ1) is 16.5. The van der Waals surface area contributed by atoms with Crippen molar-refractivity contribution >= 4 is 11.4 Å². The molecule has 0 unspecified atom stereocenters. The Morgan fingerprint density at radius 1 is 1.03 bits per heavy atom. The highest BCUT2D eigenvalue weighted by atomic mass is 15.4. The molecule has 0 N–H and O–H groups in total. The SMILES string of the molecule is C/C=C/C=C/C(=N\N(C)C1=CCC=C(n2c(C)c(C)c(C)c2CCCC)C=C1)c1ccccc1. The molecule has 3 heteroatoms. The second-order valence-corrected chi connectivity index (χ2v) is 8.81. The molecule has 3 rings (SSSR count). The molecule has 0 amide bonds. The molecule has 3 nitrogen and oxygen atoms in total. The largest absolute Gasteiger partial charge is 0.318 e. The molecule has 1 aromatic carbocycles. The van der Waals surface area contributed by atoms with Crippen LogP contribution >= 0.6 is 0 Å². The minimum Gasteiger partial charge on any atom is -0.318 e. The molecule has 1 aliphatic rings. The van der Waals surface area contributed by atoms with Gasteiger partial charge in [-0.05, 0) is 76.3 Å². The number of hydrazone groups is 1. The average molecular weight is 454 g/mol. The Kier molecular flexibility index (Phi) is 9.09. The van der Waals surface area contributed by atoms with Crippen LogP contribution in [0.25, 0.3) is 5.70 Å². The van der Waals surface area contributed by atoms with E-state index in [0.29, 0.717) is 0 Å². The molecule has 0 saturated heterocycles. The smallest absolute Gasteiger partial charge is 0.0908 e. The van der Waals surface area contributed by atoms with Crippen molar-refractivity contribution in [3.8, 4) is 0 Å². The van der Waals surface area contributed by atoms with Crippen LogP contribution in [0.3, 0.4) is 0 Å². The highest BCUT2D eigenvalue weighted by Crippen LogP contribution is 2.29. The quantitative estimate of drug-likeness (QED) is 0.215. The standard InChI is InChI=1S/C31H39N3/c1-7-9-12-20-30(27-16-13-11-14-17-27)32-33(6)28-18-15-19-29(23-22-28)34-26(5)24(3)25(4)31(34)21-10-8-2/h7,9,11-14,16-20,22-23H,8,10,15,21H2,1-6H3/b9-7+,20-12+,32-30+. The number of rotatable bonds is 9. The summed E-state index contributed by atoms with van der Waals surface area (Å²) in [5.41, 5.74) is 9.99. The summed E-state index contributed by atoms with van der Waals surface area (Å²) < 4.78 is 2.46. The van der Waals surface area contributed by atoms with Crippen molar-refractivity contribution in [2.24, 2.45) is 5.10 Å². The van der Waals surface area contributed by atoms with Gasteiger partial charge in [0.05, 0.1) is 11.4 Å². The van der Waals surface area contributed by atoms with Gasteiger partial charge in [-0.2, -0.15) is 5.10 Å². The average Bonchev–Trinajstić information content (AvgIpc) is 3.01. The Morgan fingerprint density at radius 2 is 1.79 bits per heavy atom. The third-order valence-electron chi connectivity index (χ3n) is 6.51. The van der Waals surface area contributed by atoms with Crippen LogP contribution in [0.1, 0.15) is 61.2 Å². The van der Waals surface area contributed by atoms with Gasteiger partial charge < -0.3 is 4.57 Å². The van der Waals surface area contributed by atoms with Crippen molar-refractivity contribution in [3.05, 3.63) is 113 Å². The lowest BCUT2D eigenvalue weighted by Gasteiger charge is -2.16. The highest BCUT2D eigenvalue weighted by molar-refractivity contribution is 6.08. The summed E-state index contributed by atoms with van der Waals surface area (Å²) in [5.74, 6) is 0. The van der Waals surface area contributed by atoms with E-state index < -0.39 is 0 Å². The summed E-state index contributed by atoms with van der Waals surface area (Å²) in [6, 6.07) is 10.3. The van der Waals surface area contributed by atoms with E-state index in [-0.39, 0.29) is 0 Å². The number of hydrogen-bond donors (Lipinski definition) is 0. The molecule has 0 bridgehead atoms. The summed E-state index contributed by atoms with van der Waals surface area (Å²) in [5, 5.41) is 6.93. The molecular formula is C31H39N3. The fourth-order valence-corrected chi connectivity index (χ4v) is 4.31. The topological polar surface area (TPSA) is 20.5 Å². The number of nitrogens with zero attached hydrogens (tertiary/aromatic N) is 3. The number of likely N-dealkylation sites (N-methyl/N-ethyl adjacent to an activating group) is 1. The van der Waals surface area contributed by atoms with Gasteiger partial charge in [0.25, 0.3) is 0 Å². The van der Waals surface area contributed by atoms with Gasteiger partial charge in [-0.15, -0.1) is 0 Å². The van der Waals surface area contributed by atoms with Gasteiger partial charge >= 0.3 is 0 Å². The number of hydrogen-bond acceptors (Lipinski definition) is 2. The number of aromatic nitrogens is 1. The molecule has 0 atom stereocenters. The lowest BCUT2D eigenvalue weighted by atomic mass is 10.1. The van der Waals surface area contributed by atoms with Crippen molar-refractivity contribution in [2.45, 2.75) is 60.3 Å². The summed E-state index contributed by atoms with van der Waals surface area (Å²) in [7, 11) is 2.02. The van der Waals surface area contributed by atoms with Gasteiger partial charge in [0.15, 0.2) is 0 Å². The van der Waals surface area contributed by atoms with Crippen LogP contribution in [0.5, 0.6) is 0 Å². The van der Waals surface area contributed by atoms with Gasteiger partial charge in [-0.3, -0.25) is 5.01 Å². The zero-order chi connectivity index (χ0) is 24.5. The van der Waals surface area contributed by atoms with E-state index in [0.717, 1.165) is 29.8 Å². The minimum atomic E-state index is 0.871. The Hall–Kier alpha value is -3.33. The summed E-state index contributed by atoms with van der Waals surface area (Å²) in [6.45, 7) is 11.0. The molecule has 0 spiro atoms. The fourth-order valence-electron chi connectivity index (χ4n) is 4.31. The van der Waals surface area contributed by atoms with Gasteiger partial charge in [0.2, 0.25) is 0 Å². The predicted octanol–water partition coefficient (Wildman–Crippen LogP) is 7.91. The molecule has 0 fully saturated rings. The van der Waals surface area contributed by atoms with E-state index in [9.17, 15) is 0 Å². The Bertz CT molecular complexity index is 1150. The van der Waals surface area contributed by atoms with Crippen LogP contribution in [0, 0.1) is 20.8 Å². The lowest BCUT2D eigenvalue weighted by Crippen LogP contribution is -2.13. The maximum absolute atomic E-state index is 4.96. The van der Waals surface area contributed by atoms with Crippen molar-refractivity contribution in [2.75, 3.05) is 7.05 Å². The third-order valence-corrected chi connectivity index (χ3v) is 6.51. The van der Waals surface area contributed by atoms with Crippen LogP contribution in [0.15, 0.2) is 89.7 Å². The lowest BCUT2D eigenvalue weighted by molar-refractivity contribution is 0.460. The maximum atomic E-state index is 4.96. The van der Waals surface area contributed by atoms with Crippen LogP contribution in [-0.2, 0) is 6.42 Å². The van der Waals surface area contributed by atoms with Crippen molar-refractivity contribution < 1.29 is 0 Å². The predicted molar refractivity (Wildman–Crippen MR) is 148 cm³/mol. The third kappa shape index (κ3) is 5.96. The Labute approximate surface area is 206 Å². The number of allylic oxidation sites excluding steroid dienone is 9. The minimum absolute atomic E-state index is 0.871. The second-order valence-electron chi connectivity index (χ2n) is 8.81. The second kappa shape index (κ2) is 12.2. The first kappa shape index (κ1) is 25.3. The zero-order valence-electron chi connectivity index (χ0n) is 21.7. The van der Waals surface area contributed by atoms with E-state index in [1.54, 1.807) is 0 Å². The monoisotopic (exact) mass is 453 g/mol. The van der Waals surface area contributed by atoms with Crippen molar-refractivity contribution in [1.82, 2.24) is 9.58 Å². The fraction of sp³-hybridized carbons (Fsp3) is 0.323. The van der Waals surface area contributed by atoms with Gasteiger partial charge in [0.1, 0.15) is 0 Å². The molecule has 1 heterocycles. The summed E-state index contributed by atoms with van der Waals surface area (Å²) in [4.78, 5) is 0. The van der Waals surface area contributed by atoms with E-state index in [1.165, 1.54) is 41.1 Å². The van der Waals surface area contributed by atoms with E-state index >= 15 is 0 Å². The van der Waals surface area contributed by atoms with Crippen LogP contribution in [-0.4, -0.2) is 22.3 Å². The molecule has 1 aliphatic carbocycles. The summed E-state index contributed by atoms with van der Waals surface area (Å²) >= 11 is 0. The maximum Gasteiger partial charge on any atom is 0.0908 e. The molecule has 0 radical (unpaired) electrons. The van der Waals surface area contributed by atoms with Crippen LogP contribution < -0.4 is 0 Å². The molecule has 1 aromatic heterocycles. The van der Waals surface area contributed by atoms with Gasteiger partial charge in [0, 0.05) is 29.7 Å². The van der Waals surface area contributed by atoms with Gasteiger partial charge in [-0.25, -0.2) is 0 Å². The molecule has 34 heavy (non-hydrogen) atoms. The summed E-state index contributed by atoms with van der Waals surface area (Å²) in [6.07, 6.45) is 21.6. The van der Waals surface area contributed by atoms with E-state index in [1.807, 2.05) is 43.3 Å². The molecule has 178 valence electrons. The molecule has 0 saturated carbocycles. The van der Waals surface area contributed by atoms with Crippen LogP contribution in [0.4, 0.5) is 0 Å². The Morgan fingerprint density at radius 3 is 2.50 bits per heavy atom.